The van der Waals surface area contributed by atoms with Gasteiger partial charge in [-0.3, -0.25) is 9.59 Å². The van der Waals surface area contributed by atoms with Gasteiger partial charge in [-0.05, 0) is 60.1 Å². The molecule has 1 aromatic carbocycles. The van der Waals surface area contributed by atoms with Gasteiger partial charge >= 0.3 is 0 Å². The number of H-pyrrole nitrogens is 2. The van der Waals surface area contributed by atoms with Crippen molar-refractivity contribution in [2.24, 2.45) is 0 Å². The molecule has 5 nitrogen and oxygen atoms in total. The van der Waals surface area contributed by atoms with E-state index in [1.165, 1.54) is 11.6 Å². The lowest BCUT2D eigenvalue weighted by Gasteiger charge is -2.25. The maximum Gasteiger partial charge on any atom is 0.268 e. The monoisotopic (exact) mass is 363 g/mol. The van der Waals surface area contributed by atoms with Crippen LogP contribution in [0.25, 0.3) is 10.9 Å². The third kappa shape index (κ3) is 3.42. The molecule has 1 atom stereocenters. The van der Waals surface area contributed by atoms with E-state index in [4.69, 9.17) is 0 Å². The molecule has 2 aromatic heterocycles. The third-order valence-corrected chi connectivity index (χ3v) is 5.37. The van der Waals surface area contributed by atoms with Gasteiger partial charge in [0.15, 0.2) is 0 Å². The van der Waals surface area contributed by atoms with E-state index < -0.39 is 0 Å². The lowest BCUT2D eigenvalue weighted by Crippen LogP contribution is -2.32. The second-order valence-corrected chi connectivity index (χ2v) is 8.41. The van der Waals surface area contributed by atoms with Gasteiger partial charge in [-0.1, -0.05) is 26.8 Å². The maximum atomic E-state index is 12.8. The Morgan fingerprint density at radius 2 is 1.93 bits per heavy atom. The molecule has 0 aliphatic heterocycles. The second kappa shape index (κ2) is 6.41. The van der Waals surface area contributed by atoms with Crippen LogP contribution in [0.2, 0.25) is 0 Å². The fourth-order valence-electron chi connectivity index (χ4n) is 3.81. The predicted molar refractivity (Wildman–Crippen MR) is 107 cm³/mol. The SMILES string of the molecule is CC(C)(C)c1ccc2[nH]c(C(=O)NC3CCCc4[nH]c(=O)ccc43)cc2c1. The zero-order valence-electron chi connectivity index (χ0n) is 16.0. The summed E-state index contributed by atoms with van der Waals surface area (Å²) in [4.78, 5) is 30.5. The quantitative estimate of drug-likeness (QED) is 0.644. The Hall–Kier alpha value is -2.82. The van der Waals surface area contributed by atoms with Crippen LogP contribution in [0.15, 0.2) is 41.2 Å². The Bertz CT molecular complexity index is 1070. The minimum atomic E-state index is -0.118. The van der Waals surface area contributed by atoms with Gasteiger partial charge in [0.2, 0.25) is 5.56 Å². The fourth-order valence-corrected chi connectivity index (χ4v) is 3.81. The van der Waals surface area contributed by atoms with Gasteiger partial charge < -0.3 is 15.3 Å². The number of fused-ring (bicyclic) bond motifs is 2. The number of pyridine rings is 1. The van der Waals surface area contributed by atoms with Gasteiger partial charge in [-0.15, -0.1) is 0 Å². The normalized spacial score (nSPS) is 16.9. The summed E-state index contributed by atoms with van der Waals surface area (Å²) < 4.78 is 0. The van der Waals surface area contributed by atoms with Crippen LogP contribution in [-0.4, -0.2) is 15.9 Å². The number of benzene rings is 1. The van der Waals surface area contributed by atoms with Crippen molar-refractivity contribution in [1.29, 1.82) is 0 Å². The van der Waals surface area contributed by atoms with Gasteiger partial charge in [0.1, 0.15) is 5.69 Å². The van der Waals surface area contributed by atoms with Gasteiger partial charge in [0, 0.05) is 22.7 Å². The molecule has 0 spiro atoms. The molecule has 0 saturated carbocycles. The summed E-state index contributed by atoms with van der Waals surface area (Å²) in [6, 6.07) is 11.5. The van der Waals surface area contributed by atoms with E-state index in [9.17, 15) is 9.59 Å². The maximum absolute atomic E-state index is 12.8. The van der Waals surface area contributed by atoms with Crippen molar-refractivity contribution in [3.05, 3.63) is 69.3 Å². The molecule has 0 saturated heterocycles. The second-order valence-electron chi connectivity index (χ2n) is 8.41. The topological polar surface area (TPSA) is 77.8 Å². The van der Waals surface area contributed by atoms with Gasteiger partial charge in [0.25, 0.3) is 5.91 Å². The highest BCUT2D eigenvalue weighted by atomic mass is 16.2. The highest BCUT2D eigenvalue weighted by molar-refractivity contribution is 5.98. The van der Waals surface area contributed by atoms with Crippen molar-refractivity contribution in [1.82, 2.24) is 15.3 Å². The van der Waals surface area contributed by atoms with Crippen LogP contribution in [0, 0.1) is 0 Å². The Kier molecular flexibility index (Phi) is 4.17. The average Bonchev–Trinajstić information content (AvgIpc) is 3.04. The first-order chi connectivity index (χ1) is 12.8. The molecule has 4 rings (SSSR count). The van der Waals surface area contributed by atoms with Gasteiger partial charge in [-0.2, -0.15) is 0 Å². The molecule has 0 radical (unpaired) electrons. The summed E-state index contributed by atoms with van der Waals surface area (Å²) in [7, 11) is 0. The van der Waals surface area contributed by atoms with Crippen LogP contribution in [0.3, 0.4) is 0 Å². The summed E-state index contributed by atoms with van der Waals surface area (Å²) in [6.07, 6.45) is 2.67. The number of nitrogens with one attached hydrogen (secondary N) is 3. The number of hydrogen-bond acceptors (Lipinski definition) is 2. The van der Waals surface area contributed by atoms with Crippen molar-refractivity contribution in [2.75, 3.05) is 0 Å². The molecule has 27 heavy (non-hydrogen) atoms. The molecule has 2 heterocycles. The van der Waals surface area contributed by atoms with Crippen LogP contribution < -0.4 is 10.9 Å². The zero-order valence-corrected chi connectivity index (χ0v) is 16.0. The number of amides is 1. The molecule has 5 heteroatoms. The molecule has 3 aromatic rings. The number of aryl methyl sites for hydroxylation is 1. The van der Waals surface area contributed by atoms with E-state index in [0.29, 0.717) is 5.69 Å². The van der Waals surface area contributed by atoms with Crippen molar-refractivity contribution in [3.63, 3.8) is 0 Å². The molecule has 3 N–H and O–H groups in total. The molecule has 1 aliphatic rings. The Labute approximate surface area is 158 Å². The minimum absolute atomic E-state index is 0.0661. The van der Waals surface area contributed by atoms with Crippen LogP contribution in [0.1, 0.15) is 67.0 Å². The van der Waals surface area contributed by atoms with Gasteiger partial charge in [-0.25, -0.2) is 0 Å². The molecular formula is C22H25N3O2. The van der Waals surface area contributed by atoms with E-state index in [2.05, 4.69) is 48.2 Å². The molecule has 1 amide bonds. The van der Waals surface area contributed by atoms with E-state index in [-0.39, 0.29) is 22.9 Å². The fraction of sp³-hybridized carbons (Fsp3) is 0.364. The number of carbonyl (C=O) groups is 1. The largest absolute Gasteiger partial charge is 0.351 e. The molecule has 140 valence electrons. The number of carbonyl (C=O) groups excluding carboxylic acids is 1. The number of aromatic amines is 2. The summed E-state index contributed by atoms with van der Waals surface area (Å²) >= 11 is 0. The van der Waals surface area contributed by atoms with Crippen LogP contribution in [0.4, 0.5) is 0 Å². The van der Waals surface area contributed by atoms with Crippen molar-refractivity contribution >= 4 is 16.8 Å². The first kappa shape index (κ1) is 17.6. The summed E-state index contributed by atoms with van der Waals surface area (Å²) in [5.41, 5.74) is 4.69. The number of hydrogen-bond donors (Lipinski definition) is 3. The number of rotatable bonds is 2. The van der Waals surface area contributed by atoms with E-state index in [1.54, 1.807) is 0 Å². The first-order valence-electron chi connectivity index (χ1n) is 9.47. The van der Waals surface area contributed by atoms with Crippen molar-refractivity contribution in [3.8, 4) is 0 Å². The molecule has 1 unspecified atom stereocenters. The van der Waals surface area contributed by atoms with Gasteiger partial charge in [0.05, 0.1) is 6.04 Å². The lowest BCUT2D eigenvalue weighted by atomic mass is 9.86. The third-order valence-electron chi connectivity index (χ3n) is 5.37. The summed E-state index contributed by atoms with van der Waals surface area (Å²) in [6.45, 7) is 6.54. The zero-order chi connectivity index (χ0) is 19.2. The van der Waals surface area contributed by atoms with Crippen LogP contribution >= 0.6 is 0 Å². The summed E-state index contributed by atoms with van der Waals surface area (Å²) in [5.74, 6) is -0.118. The Morgan fingerprint density at radius 3 is 2.70 bits per heavy atom. The Morgan fingerprint density at radius 1 is 1.11 bits per heavy atom. The molecule has 1 aliphatic carbocycles. The molecule has 0 fully saturated rings. The van der Waals surface area contributed by atoms with E-state index in [0.717, 1.165) is 41.4 Å². The first-order valence-corrected chi connectivity index (χ1v) is 9.47. The van der Waals surface area contributed by atoms with Crippen LogP contribution in [-0.2, 0) is 11.8 Å². The van der Waals surface area contributed by atoms with E-state index in [1.807, 2.05) is 18.2 Å². The van der Waals surface area contributed by atoms with Crippen molar-refractivity contribution in [2.45, 2.75) is 51.5 Å². The van der Waals surface area contributed by atoms with E-state index >= 15 is 0 Å². The molecule has 0 bridgehead atoms. The van der Waals surface area contributed by atoms with Crippen LogP contribution in [0.5, 0.6) is 0 Å². The minimum Gasteiger partial charge on any atom is -0.351 e. The Balaban J connectivity index is 1.60. The number of aromatic nitrogens is 2. The lowest BCUT2D eigenvalue weighted by molar-refractivity contribution is 0.0928. The highest BCUT2D eigenvalue weighted by Crippen LogP contribution is 2.29. The van der Waals surface area contributed by atoms with Crippen molar-refractivity contribution < 1.29 is 4.79 Å². The average molecular weight is 363 g/mol. The predicted octanol–water partition coefficient (Wildman–Crippen LogP) is 3.96. The summed E-state index contributed by atoms with van der Waals surface area (Å²) in [5, 5.41) is 4.17. The smallest absolute Gasteiger partial charge is 0.268 e. The standard InChI is InChI=1S/C22H25N3O2/c1-22(2,3)14-7-9-16-13(11-14)12-19(23-16)21(27)25-18-6-4-5-17-15(18)8-10-20(26)24-17/h7-12,18,23H,4-6H2,1-3H3,(H,24,26)(H,25,27). The molecular weight excluding hydrogens is 338 g/mol. The highest BCUT2D eigenvalue weighted by Gasteiger charge is 2.23.